The molecule has 45 nitrogen and oxygen atoms in total. The predicted molar refractivity (Wildman–Crippen MR) is 389 cm³/mol. The van der Waals surface area contributed by atoms with Crippen LogP contribution in [0.2, 0.25) is 0 Å². The number of rotatable bonds is 55. The average molecular weight is 1480 g/mol. The van der Waals surface area contributed by atoms with Gasteiger partial charge in [-0.05, 0) is 123 Å². The van der Waals surface area contributed by atoms with E-state index in [4.69, 9.17) is 99.6 Å². The largest absolute Gasteiger partial charge is 0.370 e. The van der Waals surface area contributed by atoms with Crippen molar-refractivity contribution in [1.82, 2.24) is 90.4 Å². The zero-order valence-corrected chi connectivity index (χ0v) is 59.4. The normalized spacial score (nSPS) is 13.3. The second kappa shape index (κ2) is 53.1. The van der Waals surface area contributed by atoms with Crippen molar-refractivity contribution in [3.05, 3.63) is 0 Å². The van der Waals surface area contributed by atoms with Crippen LogP contribution < -0.4 is 142 Å². The van der Waals surface area contributed by atoms with E-state index in [0.717, 1.165) is 0 Å². The van der Waals surface area contributed by atoms with Crippen LogP contribution in [0, 0.1) is 43.3 Å². The van der Waals surface area contributed by atoms with E-state index in [1.54, 1.807) is 13.8 Å². The maximum Gasteiger partial charge on any atom is 0.246 e. The van der Waals surface area contributed by atoms with Gasteiger partial charge in [-0.2, -0.15) is 12.6 Å². The van der Waals surface area contributed by atoms with Gasteiger partial charge in [0.15, 0.2) is 47.7 Å². The van der Waals surface area contributed by atoms with Crippen LogP contribution in [0.5, 0.6) is 0 Å². The van der Waals surface area contributed by atoms with Gasteiger partial charge >= 0.3 is 0 Å². The van der Waals surface area contributed by atoms with Gasteiger partial charge in [0.05, 0.1) is 6.10 Å². The average Bonchev–Trinajstić information content (AvgIpc) is 0.868. The summed E-state index contributed by atoms with van der Waals surface area (Å²) < 4.78 is 5.44. The molecule has 43 N–H and O–H groups in total. The van der Waals surface area contributed by atoms with Crippen LogP contribution in [0.4, 0.5) is 0 Å². The number of carbonyl (C=O) groups is 10. The monoisotopic (exact) mass is 1480 g/mol. The quantitative estimate of drug-likeness (QED) is 0.0116. The van der Waals surface area contributed by atoms with Crippen molar-refractivity contribution in [2.24, 2.45) is 51.6 Å². The summed E-state index contributed by atoms with van der Waals surface area (Å²) in [5.74, 6) is -12.4. The first-order valence-electron chi connectivity index (χ1n) is 33.4. The Labute approximate surface area is 603 Å². The molecule has 10 amide bonds. The number of amides is 10. The summed E-state index contributed by atoms with van der Waals surface area (Å²) >= 11 is 4.08. The number of nitrogens with one attached hydrogen (secondary N) is 25. The lowest BCUT2D eigenvalue weighted by Crippen LogP contribution is -2.60. The molecule has 0 unspecified atom stereocenters. The molecule has 0 aliphatic rings. The Morgan fingerprint density at radius 3 is 0.631 bits per heavy atom. The molecular formula is C57H114N34O11S. The molecular weight excluding hydrogens is 1370 g/mol. The third-order valence-electron chi connectivity index (χ3n) is 14.6. The lowest BCUT2D eigenvalue weighted by Gasteiger charge is -2.28. The third kappa shape index (κ3) is 46.3. The van der Waals surface area contributed by atoms with Gasteiger partial charge in [-0.1, -0.05) is 0 Å². The third-order valence-corrected chi connectivity index (χ3v) is 15.0. The molecule has 0 saturated heterocycles. The van der Waals surface area contributed by atoms with Gasteiger partial charge in [0.25, 0.3) is 0 Å². The number of hydrogen-bond acceptors (Lipinski definition) is 20. The highest BCUT2D eigenvalue weighted by Gasteiger charge is 2.36. The van der Waals surface area contributed by atoms with Crippen molar-refractivity contribution in [2.45, 2.75) is 183 Å². The highest BCUT2D eigenvalue weighted by atomic mass is 32.1. The molecule has 0 aromatic heterocycles. The van der Waals surface area contributed by atoms with Crippen LogP contribution in [0.15, 0.2) is 0 Å². The summed E-state index contributed by atoms with van der Waals surface area (Å²) in [7, 11) is 0. The van der Waals surface area contributed by atoms with Crippen molar-refractivity contribution >= 4 is 119 Å². The van der Waals surface area contributed by atoms with Gasteiger partial charge in [0.1, 0.15) is 61.0 Å². The standard InChI is InChI=1S/C57H114N34O11S/c1-30(2)102-28-40(92)83-31(12-3-4-20-75-50(59)60)42(94)84-32(13-5-21-76-51(61)62)43(95)85-33(14-6-22-77-52(63)64)44(96)86-34(15-7-23-78-53(65)66)45(97)87-35(16-8-24-79-54(67)68)46(98)88-36(17-9-25-80-55(69)70)47(99)89-37(18-10-26-81-56(71)72)48(100)90-38(19-11-27-82-57(73)74)49(101)91-39(29-103)41(58)93/h30-39,103H,3-29H2,1-2H3,(H2,58,93)(H,83,92)(H,84,94)(H,85,95)(H,86,96)(H,87,97)(H,88,98)(H,89,99)(H,90,100)(H,91,101)(H4,59,60,75)(H4,61,62,76)(H4,63,64,77)(H4,65,66,78)(H4,67,68,79)(H4,69,70,80)(H4,71,72,81)(H4,73,74,82)/t31-,32-,33-,34-,35-,36-,37-,38-,39-/m1/s1. The van der Waals surface area contributed by atoms with E-state index in [9.17, 15) is 47.9 Å². The zero-order valence-electron chi connectivity index (χ0n) is 58.5. The molecule has 46 heteroatoms. The van der Waals surface area contributed by atoms with Gasteiger partial charge in [0, 0.05) is 58.1 Å². The van der Waals surface area contributed by atoms with E-state index in [2.05, 4.69) is 103 Å². The Balaban J connectivity index is 7.80. The smallest absolute Gasteiger partial charge is 0.246 e. The SMILES string of the molecule is CC(C)OCC(=O)N[C@H](CCCCNC(=N)N)C(=O)N[C@H](CCCNC(=N)N)C(=O)N[C@H](CCCNC(=N)N)C(=O)N[C@H](CCCNC(=N)N)C(=O)N[C@H](CCCNC(=N)N)C(=O)N[C@H](CCCNC(=N)N)C(=O)N[C@H](CCCNC(=N)N)C(=O)N[C@H](CCCNC(=N)N)C(=O)N[C@H](CS)C(N)=O. The van der Waals surface area contributed by atoms with Gasteiger partial charge < -0.3 is 147 Å². The van der Waals surface area contributed by atoms with Crippen LogP contribution in [0.25, 0.3) is 0 Å². The van der Waals surface area contributed by atoms with Gasteiger partial charge in [-0.3, -0.25) is 91.2 Å². The number of unbranched alkanes of at least 4 members (excludes halogenated alkanes) is 1. The van der Waals surface area contributed by atoms with Crippen molar-refractivity contribution < 1.29 is 52.7 Å². The highest BCUT2D eigenvalue weighted by Crippen LogP contribution is 2.12. The number of hydrogen-bond donors (Lipinski definition) is 35. The molecule has 0 aromatic rings. The number of primary amides is 1. The fourth-order valence-corrected chi connectivity index (χ4v) is 9.69. The molecule has 0 bridgehead atoms. The van der Waals surface area contributed by atoms with Crippen LogP contribution >= 0.6 is 12.6 Å². The molecule has 0 aliphatic heterocycles. The molecule has 584 valence electrons. The maximum absolute atomic E-state index is 14.9. The van der Waals surface area contributed by atoms with E-state index >= 15 is 0 Å². The molecule has 103 heavy (non-hydrogen) atoms. The number of guanidine groups is 8. The Morgan fingerprint density at radius 1 is 0.282 bits per heavy atom. The van der Waals surface area contributed by atoms with Crippen LogP contribution in [0.3, 0.4) is 0 Å². The fourth-order valence-electron chi connectivity index (χ4n) is 9.42. The van der Waals surface area contributed by atoms with Crippen molar-refractivity contribution in [3.8, 4) is 0 Å². The van der Waals surface area contributed by atoms with E-state index in [1.165, 1.54) is 0 Å². The molecule has 0 saturated carbocycles. The second-order valence-corrected chi connectivity index (χ2v) is 24.1. The number of nitrogens with two attached hydrogens (primary N) is 9. The van der Waals surface area contributed by atoms with E-state index in [0.29, 0.717) is 12.8 Å². The van der Waals surface area contributed by atoms with Gasteiger partial charge in [-0.25, -0.2) is 0 Å². The Morgan fingerprint density at radius 2 is 0.456 bits per heavy atom. The lowest BCUT2D eigenvalue weighted by atomic mass is 10.0. The summed E-state index contributed by atoms with van der Waals surface area (Å²) in [5.41, 5.74) is 49.5. The van der Waals surface area contributed by atoms with Crippen molar-refractivity contribution in [2.75, 3.05) is 64.7 Å². The minimum atomic E-state index is -1.58. The Bertz CT molecular complexity index is 2820. The highest BCUT2D eigenvalue weighted by molar-refractivity contribution is 7.80. The lowest BCUT2D eigenvalue weighted by molar-refractivity contribution is -0.136. The molecule has 0 aromatic carbocycles. The summed E-state index contributed by atoms with van der Waals surface area (Å²) in [4.78, 5) is 141. The fraction of sp³-hybridized carbons (Fsp3) is 0.684. The summed E-state index contributed by atoms with van der Waals surface area (Å²) in [5, 5.41) is 105. The molecule has 0 rings (SSSR count). The second-order valence-electron chi connectivity index (χ2n) is 23.8. The van der Waals surface area contributed by atoms with E-state index in [1.807, 2.05) is 0 Å². The van der Waals surface area contributed by atoms with E-state index in [-0.39, 0.29) is 178 Å². The number of thiol groups is 1. The number of ether oxygens (including phenoxy) is 1. The summed E-state index contributed by atoms with van der Waals surface area (Å²) in [6.07, 6.45) is -0.441. The maximum atomic E-state index is 14.9. The van der Waals surface area contributed by atoms with Crippen LogP contribution in [0.1, 0.15) is 123 Å². The first kappa shape index (κ1) is 92.2. The molecule has 9 atom stereocenters. The van der Waals surface area contributed by atoms with Gasteiger partial charge in [-0.15, -0.1) is 0 Å². The Kier molecular flexibility index (Phi) is 47.5. The first-order chi connectivity index (χ1) is 48.6. The molecule has 0 heterocycles. The summed E-state index contributed by atoms with van der Waals surface area (Å²) in [6, 6.07) is -13.1. The minimum Gasteiger partial charge on any atom is -0.370 e. The topological polar surface area (TPSA) is 809 Å². The zero-order chi connectivity index (χ0) is 78.0. The van der Waals surface area contributed by atoms with Gasteiger partial charge in [0.2, 0.25) is 59.1 Å². The van der Waals surface area contributed by atoms with Crippen molar-refractivity contribution in [1.29, 1.82) is 43.3 Å². The van der Waals surface area contributed by atoms with Crippen LogP contribution in [-0.4, -0.2) is 232 Å². The van der Waals surface area contributed by atoms with Crippen LogP contribution in [-0.2, 0) is 52.7 Å². The van der Waals surface area contributed by atoms with E-state index < -0.39 is 150 Å². The Hall–Kier alpha value is -10.8. The van der Waals surface area contributed by atoms with Crippen molar-refractivity contribution in [3.63, 3.8) is 0 Å². The predicted octanol–water partition coefficient (Wildman–Crippen LogP) is -10.3. The first-order valence-corrected chi connectivity index (χ1v) is 34.1. The number of carbonyl (C=O) groups excluding carboxylic acids is 10. The summed E-state index contributed by atoms with van der Waals surface area (Å²) in [6.45, 7) is 3.36. The molecule has 0 aliphatic carbocycles. The molecule has 0 radical (unpaired) electrons. The molecule has 0 spiro atoms. The minimum absolute atomic E-state index is 0.00263. The molecule has 0 fully saturated rings.